The first-order chi connectivity index (χ1) is 9.94. The third-order valence-corrected chi connectivity index (χ3v) is 6.83. The summed E-state index contributed by atoms with van der Waals surface area (Å²) in [4.78, 5) is 0. The van der Waals surface area contributed by atoms with E-state index in [9.17, 15) is 8.42 Å². The Morgan fingerprint density at radius 3 is 2.71 bits per heavy atom. The largest absolute Gasteiger partial charge is 0.313 e. The molecule has 3 nitrogen and oxygen atoms in total. The molecule has 1 aliphatic rings. The van der Waals surface area contributed by atoms with Crippen LogP contribution in [0.2, 0.25) is 0 Å². The lowest BCUT2D eigenvalue weighted by Gasteiger charge is -2.31. The van der Waals surface area contributed by atoms with Gasteiger partial charge < -0.3 is 5.32 Å². The molecule has 2 atom stereocenters. The third kappa shape index (κ3) is 4.07. The number of aryl methyl sites for hydroxylation is 2. The van der Waals surface area contributed by atoms with E-state index in [0.717, 1.165) is 32.2 Å². The Kier molecular flexibility index (Phi) is 5.44. The van der Waals surface area contributed by atoms with Crippen molar-refractivity contribution >= 4 is 9.84 Å². The van der Waals surface area contributed by atoms with Crippen LogP contribution in [0.5, 0.6) is 0 Å². The van der Waals surface area contributed by atoms with E-state index in [1.165, 1.54) is 16.7 Å². The molecule has 1 aromatic carbocycles. The van der Waals surface area contributed by atoms with E-state index in [-0.39, 0.29) is 11.3 Å². The normalized spacial score (nSPS) is 22.9. The molecule has 2 unspecified atom stereocenters. The minimum absolute atomic E-state index is 0.0285. The van der Waals surface area contributed by atoms with Crippen molar-refractivity contribution in [1.29, 1.82) is 0 Å². The summed E-state index contributed by atoms with van der Waals surface area (Å²) in [5, 5.41) is 3.19. The average Bonchev–Trinajstić information content (AvgIpc) is 2.42. The van der Waals surface area contributed by atoms with Gasteiger partial charge in [-0.05, 0) is 50.8 Å². The molecular formula is C17H27NO2S. The highest BCUT2D eigenvalue weighted by molar-refractivity contribution is 7.92. The number of nitrogens with one attached hydrogen (secondary N) is 1. The minimum atomic E-state index is -2.95. The van der Waals surface area contributed by atoms with Gasteiger partial charge in [-0.15, -0.1) is 0 Å². The van der Waals surface area contributed by atoms with E-state index in [0.29, 0.717) is 5.75 Å². The fourth-order valence-electron chi connectivity index (χ4n) is 3.29. The highest BCUT2D eigenvalue weighted by Crippen LogP contribution is 2.25. The first-order valence-electron chi connectivity index (χ1n) is 7.95. The van der Waals surface area contributed by atoms with E-state index in [4.69, 9.17) is 0 Å². The fraction of sp³-hybridized carbons (Fsp3) is 0.647. The minimum Gasteiger partial charge on any atom is -0.313 e. The lowest BCUT2D eigenvalue weighted by atomic mass is 9.95. The highest BCUT2D eigenvalue weighted by atomic mass is 32.2. The van der Waals surface area contributed by atoms with Gasteiger partial charge in [-0.25, -0.2) is 8.42 Å². The molecule has 0 aliphatic carbocycles. The van der Waals surface area contributed by atoms with Crippen molar-refractivity contribution in [3.63, 3.8) is 0 Å². The molecule has 0 radical (unpaired) electrons. The van der Waals surface area contributed by atoms with Crippen LogP contribution in [-0.2, 0) is 16.3 Å². The predicted octanol–water partition coefficient (Wildman–Crippen LogP) is 2.79. The van der Waals surface area contributed by atoms with E-state index in [2.05, 4.69) is 37.4 Å². The Morgan fingerprint density at radius 2 is 2.05 bits per heavy atom. The first kappa shape index (κ1) is 16.5. The Hall–Kier alpha value is -0.870. The summed E-state index contributed by atoms with van der Waals surface area (Å²) in [6.07, 6.45) is 3.44. The summed E-state index contributed by atoms with van der Waals surface area (Å²) in [7, 11) is -2.95. The van der Waals surface area contributed by atoms with Crippen LogP contribution >= 0.6 is 0 Å². The van der Waals surface area contributed by atoms with E-state index in [1.807, 2.05) is 6.92 Å². The molecule has 1 saturated heterocycles. The summed E-state index contributed by atoms with van der Waals surface area (Å²) in [6, 6.07) is 6.46. The molecule has 21 heavy (non-hydrogen) atoms. The smallest absolute Gasteiger partial charge is 0.154 e. The molecule has 1 aromatic rings. The van der Waals surface area contributed by atoms with Crippen LogP contribution in [0.25, 0.3) is 0 Å². The Morgan fingerprint density at radius 1 is 1.29 bits per heavy atom. The molecule has 0 spiro atoms. The molecule has 0 bridgehead atoms. The maximum atomic E-state index is 12.4. The molecule has 1 N–H and O–H groups in total. The van der Waals surface area contributed by atoms with Crippen LogP contribution in [-0.4, -0.2) is 32.0 Å². The van der Waals surface area contributed by atoms with Gasteiger partial charge in [0.2, 0.25) is 0 Å². The zero-order valence-corrected chi connectivity index (χ0v) is 14.2. The van der Waals surface area contributed by atoms with Crippen molar-refractivity contribution in [3.05, 3.63) is 34.9 Å². The standard InChI is InChI=1S/C17H27NO2S/c1-4-18-16(17-7-5-6-10-21(17,19)20)12-15-11-13(2)8-9-14(15)3/h8-9,11,16-18H,4-7,10,12H2,1-3H3. The molecule has 0 aromatic heterocycles. The van der Waals surface area contributed by atoms with E-state index < -0.39 is 9.84 Å². The number of sulfone groups is 1. The average molecular weight is 309 g/mol. The van der Waals surface area contributed by atoms with Crippen LogP contribution in [0.3, 0.4) is 0 Å². The summed E-state index contributed by atoms with van der Waals surface area (Å²) >= 11 is 0. The molecule has 2 rings (SSSR count). The van der Waals surface area contributed by atoms with Crippen molar-refractivity contribution in [1.82, 2.24) is 5.32 Å². The van der Waals surface area contributed by atoms with Gasteiger partial charge in [0.15, 0.2) is 9.84 Å². The molecule has 0 amide bonds. The van der Waals surface area contributed by atoms with Crippen LogP contribution < -0.4 is 5.32 Å². The molecule has 1 heterocycles. The maximum absolute atomic E-state index is 12.4. The van der Waals surface area contributed by atoms with E-state index >= 15 is 0 Å². The van der Waals surface area contributed by atoms with Gasteiger partial charge in [0, 0.05) is 6.04 Å². The van der Waals surface area contributed by atoms with Crippen molar-refractivity contribution in [3.8, 4) is 0 Å². The fourth-order valence-corrected chi connectivity index (χ4v) is 5.41. The van der Waals surface area contributed by atoms with Gasteiger partial charge in [0.25, 0.3) is 0 Å². The van der Waals surface area contributed by atoms with E-state index in [1.54, 1.807) is 0 Å². The summed E-state index contributed by atoms with van der Waals surface area (Å²) in [5.74, 6) is 0.354. The van der Waals surface area contributed by atoms with Crippen LogP contribution in [0.15, 0.2) is 18.2 Å². The summed E-state index contributed by atoms with van der Waals surface area (Å²) in [5.41, 5.74) is 3.75. The van der Waals surface area contributed by atoms with Gasteiger partial charge in [0.1, 0.15) is 0 Å². The topological polar surface area (TPSA) is 46.2 Å². The van der Waals surface area contributed by atoms with Gasteiger partial charge >= 0.3 is 0 Å². The highest BCUT2D eigenvalue weighted by Gasteiger charge is 2.35. The third-order valence-electron chi connectivity index (χ3n) is 4.49. The molecule has 4 heteroatoms. The molecule has 0 saturated carbocycles. The number of hydrogen-bond donors (Lipinski definition) is 1. The van der Waals surface area contributed by atoms with Gasteiger partial charge in [0.05, 0.1) is 11.0 Å². The summed E-state index contributed by atoms with van der Waals surface area (Å²) < 4.78 is 24.8. The Labute approximate surface area is 129 Å². The molecule has 118 valence electrons. The Balaban J connectivity index is 2.24. The first-order valence-corrected chi connectivity index (χ1v) is 9.66. The second-order valence-corrected chi connectivity index (χ2v) is 8.54. The lowest BCUT2D eigenvalue weighted by molar-refractivity contribution is 0.440. The number of rotatable bonds is 5. The SMILES string of the molecule is CCNC(Cc1cc(C)ccc1C)C1CCCCS1(=O)=O. The van der Waals surface area contributed by atoms with Crippen molar-refractivity contribution in [2.75, 3.05) is 12.3 Å². The van der Waals surface area contributed by atoms with Crippen LogP contribution in [0.1, 0.15) is 42.9 Å². The second kappa shape index (κ2) is 6.93. The van der Waals surface area contributed by atoms with Crippen molar-refractivity contribution in [2.24, 2.45) is 0 Å². The number of likely N-dealkylation sites (N-methyl/N-ethyl adjacent to an activating group) is 1. The monoisotopic (exact) mass is 309 g/mol. The van der Waals surface area contributed by atoms with Crippen molar-refractivity contribution < 1.29 is 8.42 Å². The summed E-state index contributed by atoms with van der Waals surface area (Å²) in [6.45, 7) is 7.04. The lowest BCUT2D eigenvalue weighted by Crippen LogP contribution is -2.48. The van der Waals surface area contributed by atoms with Crippen molar-refractivity contribution in [2.45, 2.75) is 57.7 Å². The second-order valence-electron chi connectivity index (χ2n) is 6.20. The van der Waals surface area contributed by atoms with Gasteiger partial charge in [-0.3, -0.25) is 0 Å². The zero-order valence-electron chi connectivity index (χ0n) is 13.4. The van der Waals surface area contributed by atoms with Gasteiger partial charge in [-0.2, -0.15) is 0 Å². The van der Waals surface area contributed by atoms with Crippen LogP contribution in [0.4, 0.5) is 0 Å². The van der Waals surface area contributed by atoms with Gasteiger partial charge in [-0.1, -0.05) is 37.1 Å². The quantitative estimate of drug-likeness (QED) is 0.910. The van der Waals surface area contributed by atoms with Crippen LogP contribution in [0, 0.1) is 13.8 Å². The Bertz CT molecular complexity index is 580. The number of benzene rings is 1. The molecular weight excluding hydrogens is 282 g/mol. The molecule has 1 fully saturated rings. The zero-order chi connectivity index (χ0) is 15.5. The maximum Gasteiger partial charge on any atom is 0.154 e. The predicted molar refractivity (Wildman–Crippen MR) is 88.5 cm³/mol. The number of hydrogen-bond acceptors (Lipinski definition) is 3. The molecule has 1 aliphatic heterocycles.